The van der Waals surface area contributed by atoms with Crippen LogP contribution in [0.2, 0.25) is 0 Å². The fourth-order valence-electron chi connectivity index (χ4n) is 4.00. The van der Waals surface area contributed by atoms with Crippen molar-refractivity contribution >= 4 is 11.8 Å². The van der Waals surface area contributed by atoms with E-state index < -0.39 is 5.41 Å². The van der Waals surface area contributed by atoms with Gasteiger partial charge in [0.15, 0.2) is 0 Å². The molecular weight excluding hydrogens is 302 g/mol. The third kappa shape index (κ3) is 4.95. The molecule has 0 aromatic carbocycles. The monoisotopic (exact) mass is 335 g/mol. The van der Waals surface area contributed by atoms with Gasteiger partial charge in [0.25, 0.3) is 0 Å². The van der Waals surface area contributed by atoms with Crippen LogP contribution < -0.4 is 16.0 Å². The van der Waals surface area contributed by atoms with Crippen LogP contribution in [0.25, 0.3) is 0 Å². The van der Waals surface area contributed by atoms with E-state index in [0.717, 1.165) is 37.6 Å². The zero-order chi connectivity index (χ0) is 17.2. The third-order valence-electron chi connectivity index (χ3n) is 5.78. The molecule has 0 aromatic rings. The van der Waals surface area contributed by atoms with Gasteiger partial charge < -0.3 is 16.0 Å². The van der Waals surface area contributed by atoms with Crippen LogP contribution >= 0.6 is 0 Å². The zero-order valence-corrected chi connectivity index (χ0v) is 15.2. The SMILES string of the molecule is CC(CC1CC1)NC(=O)CC1(C(=O)NC(C)CC2CC2)CCNC1. The van der Waals surface area contributed by atoms with Gasteiger partial charge in [0, 0.05) is 25.0 Å². The molecule has 2 saturated carbocycles. The molecule has 1 saturated heterocycles. The lowest BCUT2D eigenvalue weighted by Gasteiger charge is -2.29. The van der Waals surface area contributed by atoms with Gasteiger partial charge in [0.2, 0.25) is 11.8 Å². The van der Waals surface area contributed by atoms with Gasteiger partial charge in [-0.25, -0.2) is 0 Å². The maximum atomic E-state index is 12.9. The Kier molecular flexibility index (Phi) is 5.48. The Morgan fingerprint density at radius 1 is 1.04 bits per heavy atom. The summed E-state index contributed by atoms with van der Waals surface area (Å²) in [4.78, 5) is 25.3. The summed E-state index contributed by atoms with van der Waals surface area (Å²) in [6, 6.07) is 0.424. The van der Waals surface area contributed by atoms with Gasteiger partial charge in [0.05, 0.1) is 5.41 Å². The number of nitrogens with one attached hydrogen (secondary N) is 3. The Balaban J connectivity index is 1.51. The largest absolute Gasteiger partial charge is 0.354 e. The Morgan fingerprint density at radius 2 is 1.62 bits per heavy atom. The number of hydrogen-bond acceptors (Lipinski definition) is 3. The predicted molar refractivity (Wildman–Crippen MR) is 94.4 cm³/mol. The van der Waals surface area contributed by atoms with Crippen molar-refractivity contribution in [3.8, 4) is 0 Å². The number of amides is 2. The molecule has 136 valence electrons. The molecule has 2 aliphatic carbocycles. The van der Waals surface area contributed by atoms with Crippen LogP contribution in [0.15, 0.2) is 0 Å². The zero-order valence-electron chi connectivity index (χ0n) is 15.2. The molecule has 0 radical (unpaired) electrons. The molecule has 0 aromatic heterocycles. The first kappa shape index (κ1) is 17.7. The molecule has 3 N–H and O–H groups in total. The van der Waals surface area contributed by atoms with Gasteiger partial charge in [0.1, 0.15) is 0 Å². The second-order valence-corrected chi connectivity index (χ2v) is 8.59. The quantitative estimate of drug-likeness (QED) is 0.603. The molecule has 1 aliphatic heterocycles. The van der Waals surface area contributed by atoms with Crippen LogP contribution in [-0.2, 0) is 9.59 Å². The van der Waals surface area contributed by atoms with Crippen molar-refractivity contribution < 1.29 is 9.59 Å². The Labute approximate surface area is 145 Å². The lowest BCUT2D eigenvalue weighted by atomic mass is 9.81. The summed E-state index contributed by atoms with van der Waals surface area (Å²) in [5.41, 5.74) is -0.568. The topological polar surface area (TPSA) is 70.2 Å². The van der Waals surface area contributed by atoms with Crippen LogP contribution in [0.3, 0.4) is 0 Å². The number of rotatable bonds is 9. The average Bonchev–Trinajstić information content (AvgIpc) is 3.42. The third-order valence-corrected chi connectivity index (χ3v) is 5.78. The highest BCUT2D eigenvalue weighted by Crippen LogP contribution is 2.35. The second-order valence-electron chi connectivity index (χ2n) is 8.59. The molecule has 2 amide bonds. The minimum Gasteiger partial charge on any atom is -0.354 e. The van der Waals surface area contributed by atoms with Crippen molar-refractivity contribution in [1.29, 1.82) is 0 Å². The van der Waals surface area contributed by atoms with E-state index in [-0.39, 0.29) is 23.9 Å². The molecule has 1 heterocycles. The molecule has 5 nitrogen and oxygen atoms in total. The van der Waals surface area contributed by atoms with Crippen LogP contribution in [0.5, 0.6) is 0 Å². The van der Waals surface area contributed by atoms with E-state index in [9.17, 15) is 9.59 Å². The second kappa shape index (κ2) is 7.42. The highest BCUT2D eigenvalue weighted by atomic mass is 16.2. The van der Waals surface area contributed by atoms with E-state index in [4.69, 9.17) is 0 Å². The van der Waals surface area contributed by atoms with Crippen molar-refractivity contribution in [2.24, 2.45) is 17.3 Å². The predicted octanol–water partition coefficient (Wildman–Crippen LogP) is 1.97. The highest BCUT2D eigenvalue weighted by molar-refractivity contribution is 5.89. The maximum Gasteiger partial charge on any atom is 0.228 e. The fourth-order valence-corrected chi connectivity index (χ4v) is 4.00. The van der Waals surface area contributed by atoms with Gasteiger partial charge in [-0.15, -0.1) is 0 Å². The van der Waals surface area contributed by atoms with Gasteiger partial charge in [-0.1, -0.05) is 25.7 Å². The number of hydrogen-bond donors (Lipinski definition) is 3. The average molecular weight is 335 g/mol. The normalized spacial score (nSPS) is 29.1. The van der Waals surface area contributed by atoms with Crippen LogP contribution in [-0.4, -0.2) is 37.0 Å². The Bertz CT molecular complexity index is 465. The van der Waals surface area contributed by atoms with E-state index in [0.29, 0.717) is 13.0 Å². The summed E-state index contributed by atoms with van der Waals surface area (Å²) < 4.78 is 0. The van der Waals surface area contributed by atoms with E-state index in [1.54, 1.807) is 0 Å². The van der Waals surface area contributed by atoms with E-state index in [1.165, 1.54) is 25.7 Å². The highest BCUT2D eigenvalue weighted by Gasteiger charge is 2.43. The summed E-state index contributed by atoms with van der Waals surface area (Å²) >= 11 is 0. The van der Waals surface area contributed by atoms with Gasteiger partial charge in [-0.2, -0.15) is 0 Å². The molecule has 0 bridgehead atoms. The summed E-state index contributed by atoms with van der Waals surface area (Å²) in [6.07, 6.45) is 8.39. The van der Waals surface area contributed by atoms with Gasteiger partial charge in [-0.05, 0) is 51.5 Å². The lowest BCUT2D eigenvalue weighted by Crippen LogP contribution is -2.49. The van der Waals surface area contributed by atoms with Crippen LogP contribution in [0.1, 0.15) is 65.2 Å². The van der Waals surface area contributed by atoms with Gasteiger partial charge >= 0.3 is 0 Å². The first-order chi connectivity index (χ1) is 11.5. The van der Waals surface area contributed by atoms with Crippen molar-refractivity contribution in [2.45, 2.75) is 77.3 Å². The van der Waals surface area contributed by atoms with E-state index in [1.807, 2.05) is 0 Å². The molecule has 3 unspecified atom stereocenters. The molecule has 0 spiro atoms. The van der Waals surface area contributed by atoms with Crippen molar-refractivity contribution in [1.82, 2.24) is 16.0 Å². The first-order valence-electron chi connectivity index (χ1n) is 9.78. The maximum absolute atomic E-state index is 12.9. The van der Waals surface area contributed by atoms with Crippen LogP contribution in [0.4, 0.5) is 0 Å². The van der Waals surface area contributed by atoms with Crippen molar-refractivity contribution in [3.05, 3.63) is 0 Å². The Morgan fingerprint density at radius 3 is 2.12 bits per heavy atom. The summed E-state index contributed by atoms with van der Waals surface area (Å²) in [5, 5.41) is 9.56. The van der Waals surface area contributed by atoms with Crippen molar-refractivity contribution in [2.75, 3.05) is 13.1 Å². The molecule has 3 fully saturated rings. The van der Waals surface area contributed by atoms with E-state index >= 15 is 0 Å². The number of carbonyl (C=O) groups excluding carboxylic acids is 2. The molecule has 3 aliphatic rings. The minimum absolute atomic E-state index is 0.0249. The fraction of sp³-hybridized carbons (Fsp3) is 0.895. The minimum atomic E-state index is -0.568. The smallest absolute Gasteiger partial charge is 0.228 e. The standard InChI is InChI=1S/C19H33N3O2/c1-13(9-15-3-4-15)21-17(23)11-19(7-8-20-12-19)18(24)22-14(2)10-16-5-6-16/h13-16,20H,3-12H2,1-2H3,(H,21,23)(H,22,24). The molecular formula is C19H33N3O2. The summed E-state index contributed by atoms with van der Waals surface area (Å²) in [6.45, 7) is 5.59. The summed E-state index contributed by atoms with van der Waals surface area (Å²) in [7, 11) is 0. The lowest BCUT2D eigenvalue weighted by molar-refractivity contribution is -0.136. The molecule has 3 rings (SSSR count). The number of carbonyl (C=O) groups is 2. The molecule has 5 heteroatoms. The van der Waals surface area contributed by atoms with Gasteiger partial charge in [-0.3, -0.25) is 9.59 Å². The van der Waals surface area contributed by atoms with Crippen LogP contribution in [0, 0.1) is 17.3 Å². The summed E-state index contributed by atoms with van der Waals surface area (Å²) in [5.74, 6) is 1.68. The molecule has 24 heavy (non-hydrogen) atoms. The first-order valence-corrected chi connectivity index (χ1v) is 9.78. The Hall–Kier alpha value is -1.10. The van der Waals surface area contributed by atoms with Crippen molar-refractivity contribution in [3.63, 3.8) is 0 Å². The molecule has 3 atom stereocenters. The van der Waals surface area contributed by atoms with E-state index in [2.05, 4.69) is 29.8 Å².